The predicted octanol–water partition coefficient (Wildman–Crippen LogP) is 2.52. The molecular weight excluding hydrogens is 328 g/mol. The van der Waals surface area contributed by atoms with E-state index >= 15 is 0 Å². The van der Waals surface area contributed by atoms with Crippen molar-refractivity contribution in [3.63, 3.8) is 0 Å². The molecule has 1 aromatic heterocycles. The Labute approximate surface area is 155 Å². The van der Waals surface area contributed by atoms with Gasteiger partial charge in [0, 0.05) is 33.0 Å². The van der Waals surface area contributed by atoms with Crippen molar-refractivity contribution in [2.45, 2.75) is 32.1 Å². The van der Waals surface area contributed by atoms with Gasteiger partial charge in [0.2, 0.25) is 11.8 Å². The molecule has 2 aromatic rings. The number of carbonyl (C=O) groups excluding carboxylic acids is 1. The second-order valence-electron chi connectivity index (χ2n) is 6.89. The van der Waals surface area contributed by atoms with Gasteiger partial charge in [-0.2, -0.15) is 0 Å². The number of amides is 1. The van der Waals surface area contributed by atoms with Crippen LogP contribution >= 0.6 is 0 Å². The number of ether oxygens (including phenoxy) is 1. The summed E-state index contributed by atoms with van der Waals surface area (Å²) in [5, 5.41) is 0. The number of fused-ring (bicyclic) bond motifs is 1. The lowest BCUT2D eigenvalue weighted by atomic mass is 10.1. The minimum atomic E-state index is 0.138. The van der Waals surface area contributed by atoms with E-state index in [0.29, 0.717) is 18.7 Å². The van der Waals surface area contributed by atoms with Gasteiger partial charge in [0.05, 0.1) is 18.1 Å². The summed E-state index contributed by atoms with van der Waals surface area (Å²) in [7, 11) is 3.48. The lowest BCUT2D eigenvalue weighted by Crippen LogP contribution is -2.38. The average molecular weight is 356 g/mol. The Morgan fingerprint density at radius 2 is 1.85 bits per heavy atom. The number of para-hydroxylation sites is 2. The van der Waals surface area contributed by atoms with Crippen molar-refractivity contribution in [2.24, 2.45) is 0 Å². The summed E-state index contributed by atoms with van der Waals surface area (Å²) in [5.74, 6) is 0.645. The highest BCUT2D eigenvalue weighted by molar-refractivity contribution is 5.77. The van der Waals surface area contributed by atoms with Crippen LogP contribution in [0.5, 0.6) is 5.88 Å². The van der Waals surface area contributed by atoms with E-state index in [9.17, 15) is 4.79 Å². The van der Waals surface area contributed by atoms with Crippen LogP contribution in [0.25, 0.3) is 11.0 Å². The van der Waals surface area contributed by atoms with E-state index in [4.69, 9.17) is 4.74 Å². The van der Waals surface area contributed by atoms with E-state index in [1.807, 2.05) is 36.2 Å². The minimum absolute atomic E-state index is 0.138. The SMILES string of the molecule is COc1nc2ccccc2nc1CCC(=O)N(C)CCN1CCCCC1. The second-order valence-corrected chi connectivity index (χ2v) is 6.89. The van der Waals surface area contributed by atoms with Gasteiger partial charge in [0.25, 0.3) is 0 Å². The van der Waals surface area contributed by atoms with Crippen LogP contribution in [0.4, 0.5) is 0 Å². The van der Waals surface area contributed by atoms with Crippen molar-refractivity contribution in [3.8, 4) is 5.88 Å². The van der Waals surface area contributed by atoms with Gasteiger partial charge in [-0.15, -0.1) is 0 Å². The number of methoxy groups -OCH3 is 1. The van der Waals surface area contributed by atoms with Crippen molar-refractivity contribution >= 4 is 16.9 Å². The Morgan fingerprint density at radius 1 is 1.15 bits per heavy atom. The lowest BCUT2D eigenvalue weighted by Gasteiger charge is -2.28. The third kappa shape index (κ3) is 4.69. The quantitative estimate of drug-likeness (QED) is 0.763. The largest absolute Gasteiger partial charge is 0.480 e. The number of aryl methyl sites for hydroxylation is 1. The highest BCUT2D eigenvalue weighted by atomic mass is 16.5. The summed E-state index contributed by atoms with van der Waals surface area (Å²) in [6, 6.07) is 7.70. The molecule has 1 fully saturated rings. The number of aromatic nitrogens is 2. The fraction of sp³-hybridized carbons (Fsp3) is 0.550. The molecule has 0 saturated carbocycles. The summed E-state index contributed by atoms with van der Waals surface area (Å²) in [4.78, 5) is 25.9. The summed E-state index contributed by atoms with van der Waals surface area (Å²) in [5.41, 5.74) is 2.37. The molecule has 2 heterocycles. The summed E-state index contributed by atoms with van der Waals surface area (Å²) in [6.45, 7) is 4.05. The monoisotopic (exact) mass is 356 g/mol. The normalized spacial score (nSPS) is 15.2. The maximum Gasteiger partial charge on any atom is 0.235 e. The van der Waals surface area contributed by atoms with Gasteiger partial charge in [-0.25, -0.2) is 9.97 Å². The van der Waals surface area contributed by atoms with E-state index in [-0.39, 0.29) is 5.91 Å². The Morgan fingerprint density at radius 3 is 2.54 bits per heavy atom. The van der Waals surface area contributed by atoms with Crippen molar-refractivity contribution < 1.29 is 9.53 Å². The number of piperidine rings is 1. The standard InChI is InChI=1S/C20H28N4O2/c1-23(14-15-24-12-6-3-7-13-24)19(25)11-10-18-20(26-2)22-17-9-5-4-8-16(17)21-18/h4-5,8-9H,3,6-7,10-15H2,1-2H3. The van der Waals surface area contributed by atoms with Crippen LogP contribution in [0.3, 0.4) is 0 Å². The zero-order valence-corrected chi connectivity index (χ0v) is 15.8. The topological polar surface area (TPSA) is 58.6 Å². The number of hydrogen-bond acceptors (Lipinski definition) is 5. The zero-order valence-electron chi connectivity index (χ0n) is 15.8. The number of nitrogens with zero attached hydrogens (tertiary/aromatic N) is 4. The maximum atomic E-state index is 12.5. The first-order chi connectivity index (χ1) is 12.7. The summed E-state index contributed by atoms with van der Waals surface area (Å²) >= 11 is 0. The second kappa shape index (κ2) is 8.94. The van der Waals surface area contributed by atoms with Crippen molar-refractivity contribution in [1.82, 2.24) is 19.8 Å². The molecular formula is C20H28N4O2. The van der Waals surface area contributed by atoms with Gasteiger partial charge in [-0.3, -0.25) is 4.79 Å². The molecule has 0 unspecified atom stereocenters. The average Bonchev–Trinajstić information content (AvgIpc) is 2.70. The molecule has 3 rings (SSSR count). The molecule has 0 aliphatic carbocycles. The Hall–Kier alpha value is -2.21. The van der Waals surface area contributed by atoms with Gasteiger partial charge < -0.3 is 14.5 Å². The molecule has 1 saturated heterocycles. The third-order valence-electron chi connectivity index (χ3n) is 5.00. The van der Waals surface area contributed by atoms with Crippen LogP contribution in [0.15, 0.2) is 24.3 Å². The molecule has 1 aliphatic heterocycles. The van der Waals surface area contributed by atoms with Crippen LogP contribution in [0.1, 0.15) is 31.4 Å². The Bertz CT molecular complexity index is 744. The van der Waals surface area contributed by atoms with Gasteiger partial charge in [-0.05, 0) is 38.1 Å². The molecule has 1 amide bonds. The van der Waals surface area contributed by atoms with E-state index < -0.39 is 0 Å². The third-order valence-corrected chi connectivity index (χ3v) is 5.00. The predicted molar refractivity (Wildman–Crippen MR) is 102 cm³/mol. The van der Waals surface area contributed by atoms with Gasteiger partial charge in [0.15, 0.2) is 0 Å². The molecule has 6 heteroatoms. The van der Waals surface area contributed by atoms with Crippen LogP contribution < -0.4 is 4.74 Å². The molecule has 6 nitrogen and oxygen atoms in total. The first-order valence-corrected chi connectivity index (χ1v) is 9.43. The Kier molecular flexibility index (Phi) is 6.39. The number of hydrogen-bond donors (Lipinski definition) is 0. The minimum Gasteiger partial charge on any atom is -0.480 e. The number of rotatable bonds is 7. The van der Waals surface area contributed by atoms with Gasteiger partial charge in [0.1, 0.15) is 5.69 Å². The van der Waals surface area contributed by atoms with Gasteiger partial charge >= 0.3 is 0 Å². The van der Waals surface area contributed by atoms with E-state index in [2.05, 4.69) is 14.9 Å². The molecule has 26 heavy (non-hydrogen) atoms. The highest BCUT2D eigenvalue weighted by Gasteiger charge is 2.16. The van der Waals surface area contributed by atoms with Crippen LogP contribution in [0, 0.1) is 0 Å². The molecule has 140 valence electrons. The smallest absolute Gasteiger partial charge is 0.235 e. The fourth-order valence-electron chi connectivity index (χ4n) is 3.36. The van der Waals surface area contributed by atoms with E-state index in [1.165, 1.54) is 19.3 Å². The lowest BCUT2D eigenvalue weighted by molar-refractivity contribution is -0.130. The molecule has 0 radical (unpaired) electrons. The van der Waals surface area contributed by atoms with E-state index in [1.54, 1.807) is 7.11 Å². The summed E-state index contributed by atoms with van der Waals surface area (Å²) in [6.07, 6.45) is 4.84. The zero-order chi connectivity index (χ0) is 18.4. The van der Waals surface area contributed by atoms with Crippen LogP contribution in [0.2, 0.25) is 0 Å². The first-order valence-electron chi connectivity index (χ1n) is 9.43. The number of carbonyl (C=O) groups is 1. The van der Waals surface area contributed by atoms with Gasteiger partial charge in [-0.1, -0.05) is 18.6 Å². The Balaban J connectivity index is 1.55. The fourth-order valence-corrected chi connectivity index (χ4v) is 3.36. The molecule has 0 spiro atoms. The maximum absolute atomic E-state index is 12.5. The first kappa shape index (κ1) is 18.6. The van der Waals surface area contributed by atoms with Crippen LogP contribution in [-0.4, -0.2) is 66.0 Å². The van der Waals surface area contributed by atoms with Crippen molar-refractivity contribution in [1.29, 1.82) is 0 Å². The van der Waals surface area contributed by atoms with Crippen LogP contribution in [-0.2, 0) is 11.2 Å². The molecule has 0 bridgehead atoms. The number of likely N-dealkylation sites (tertiary alicyclic amines) is 1. The molecule has 0 N–H and O–H groups in total. The summed E-state index contributed by atoms with van der Waals surface area (Å²) < 4.78 is 5.37. The molecule has 1 aliphatic rings. The highest BCUT2D eigenvalue weighted by Crippen LogP contribution is 2.20. The van der Waals surface area contributed by atoms with Crippen molar-refractivity contribution in [2.75, 3.05) is 40.3 Å². The van der Waals surface area contributed by atoms with Crippen molar-refractivity contribution in [3.05, 3.63) is 30.0 Å². The number of likely N-dealkylation sites (N-methyl/N-ethyl adjacent to an activating group) is 1. The molecule has 0 atom stereocenters. The van der Waals surface area contributed by atoms with E-state index in [0.717, 1.165) is 42.9 Å². The number of benzene rings is 1. The molecule has 1 aromatic carbocycles.